The molecule has 0 atom stereocenters. The average Bonchev–Trinajstić information content (AvgIpc) is 2.74. The molecular weight excluding hydrogens is 491 g/mol. The van der Waals surface area contributed by atoms with Crippen LogP contribution >= 0.6 is 22.6 Å². The van der Waals surface area contributed by atoms with Crippen LogP contribution in [-0.4, -0.2) is 47.0 Å². The van der Waals surface area contributed by atoms with E-state index in [-0.39, 0.29) is 5.91 Å². The number of hydrogen-bond donors (Lipinski definition) is 0. The molecule has 0 spiro atoms. The molecule has 1 aliphatic rings. The summed E-state index contributed by atoms with van der Waals surface area (Å²) in [6, 6.07) is 17.5. The summed E-state index contributed by atoms with van der Waals surface area (Å²) in [7, 11) is 0. The lowest BCUT2D eigenvalue weighted by molar-refractivity contribution is 0.0746. The number of rotatable bonds is 4. The molecule has 1 amide bonds. The molecule has 4 rings (SSSR count). The maximum atomic E-state index is 12.8. The van der Waals surface area contributed by atoms with Crippen molar-refractivity contribution in [3.05, 3.63) is 75.1 Å². The van der Waals surface area contributed by atoms with Gasteiger partial charge in [-0.3, -0.25) is 4.79 Å². The van der Waals surface area contributed by atoms with E-state index in [0.717, 1.165) is 33.8 Å². The molecule has 0 aliphatic carbocycles. The number of carbonyl (C=O) groups is 1. The first-order chi connectivity index (χ1) is 14.5. The van der Waals surface area contributed by atoms with Crippen LogP contribution < -0.4 is 9.64 Å². The molecule has 0 unspecified atom stereocenters. The van der Waals surface area contributed by atoms with Crippen molar-refractivity contribution in [2.75, 3.05) is 31.1 Å². The number of hydrogen-bond acceptors (Lipinski definition) is 5. The minimum atomic E-state index is 0.0791. The minimum Gasteiger partial charge on any atom is -0.439 e. The number of benzene rings is 2. The first-order valence-corrected chi connectivity index (χ1v) is 11.0. The van der Waals surface area contributed by atoms with Gasteiger partial charge in [0.2, 0.25) is 5.88 Å². The van der Waals surface area contributed by atoms with E-state index in [2.05, 4.69) is 37.5 Å². The number of piperazine rings is 1. The average molecular weight is 514 g/mol. The third-order valence-corrected chi connectivity index (χ3v) is 5.68. The fourth-order valence-corrected chi connectivity index (χ4v) is 3.95. The molecule has 1 aromatic heterocycles. The van der Waals surface area contributed by atoms with Crippen LogP contribution in [0.5, 0.6) is 11.6 Å². The molecule has 30 heavy (non-hydrogen) atoms. The molecule has 7 heteroatoms. The van der Waals surface area contributed by atoms with Gasteiger partial charge in [0.05, 0.1) is 0 Å². The highest BCUT2D eigenvalue weighted by molar-refractivity contribution is 14.1. The number of anilines is 1. The van der Waals surface area contributed by atoms with Crippen LogP contribution in [0.2, 0.25) is 0 Å². The van der Waals surface area contributed by atoms with Crippen molar-refractivity contribution in [1.82, 2.24) is 14.9 Å². The van der Waals surface area contributed by atoms with Gasteiger partial charge in [-0.2, -0.15) is 4.98 Å². The SMILES string of the molecule is Cc1ccc(Oc2cc(N3CCN(C(=O)c4cccc(I)c4)CC3)nc(C)n2)cc1. The zero-order valence-corrected chi connectivity index (χ0v) is 19.2. The van der Waals surface area contributed by atoms with E-state index in [4.69, 9.17) is 4.74 Å². The Labute approximate surface area is 190 Å². The molecule has 0 saturated carbocycles. The van der Waals surface area contributed by atoms with Gasteiger partial charge >= 0.3 is 0 Å². The lowest BCUT2D eigenvalue weighted by Gasteiger charge is -2.35. The highest BCUT2D eigenvalue weighted by Gasteiger charge is 2.23. The summed E-state index contributed by atoms with van der Waals surface area (Å²) < 4.78 is 7.00. The van der Waals surface area contributed by atoms with E-state index in [1.807, 2.05) is 73.3 Å². The molecule has 0 radical (unpaired) electrons. The fraction of sp³-hybridized carbons (Fsp3) is 0.261. The van der Waals surface area contributed by atoms with Gasteiger partial charge in [0.25, 0.3) is 5.91 Å². The Balaban J connectivity index is 1.43. The number of aryl methyl sites for hydroxylation is 2. The number of amides is 1. The molecule has 6 nitrogen and oxygen atoms in total. The normalized spacial score (nSPS) is 14.0. The van der Waals surface area contributed by atoms with Gasteiger partial charge in [0.1, 0.15) is 17.4 Å². The second-order valence-electron chi connectivity index (χ2n) is 7.32. The van der Waals surface area contributed by atoms with E-state index >= 15 is 0 Å². The first-order valence-electron chi connectivity index (χ1n) is 9.88. The summed E-state index contributed by atoms with van der Waals surface area (Å²) in [4.78, 5) is 25.9. The van der Waals surface area contributed by atoms with Crippen LogP contribution in [0.25, 0.3) is 0 Å². The van der Waals surface area contributed by atoms with Crippen molar-refractivity contribution in [3.8, 4) is 11.6 Å². The Morgan fingerprint density at radius 2 is 1.70 bits per heavy atom. The van der Waals surface area contributed by atoms with Gasteiger partial charge in [-0.05, 0) is 66.8 Å². The topological polar surface area (TPSA) is 58.6 Å². The van der Waals surface area contributed by atoms with Crippen LogP contribution in [0.3, 0.4) is 0 Å². The highest BCUT2D eigenvalue weighted by Crippen LogP contribution is 2.24. The van der Waals surface area contributed by atoms with Crippen molar-refractivity contribution in [2.45, 2.75) is 13.8 Å². The summed E-state index contributed by atoms with van der Waals surface area (Å²) in [6.07, 6.45) is 0. The van der Waals surface area contributed by atoms with Crippen molar-refractivity contribution < 1.29 is 9.53 Å². The van der Waals surface area contributed by atoms with Crippen LogP contribution in [-0.2, 0) is 0 Å². The molecule has 1 saturated heterocycles. The summed E-state index contributed by atoms with van der Waals surface area (Å²) in [5.74, 6) is 2.84. The molecule has 1 aliphatic heterocycles. The van der Waals surface area contributed by atoms with E-state index in [0.29, 0.717) is 24.8 Å². The lowest BCUT2D eigenvalue weighted by atomic mass is 10.2. The largest absolute Gasteiger partial charge is 0.439 e. The standard InChI is InChI=1S/C23H23IN4O2/c1-16-6-8-20(9-7-16)30-22-15-21(25-17(2)26-22)27-10-12-28(13-11-27)23(29)18-4-3-5-19(24)14-18/h3-9,14-15H,10-13H2,1-2H3. The molecule has 2 aromatic carbocycles. The number of aromatic nitrogens is 2. The van der Waals surface area contributed by atoms with Crippen LogP contribution in [0.4, 0.5) is 5.82 Å². The quantitative estimate of drug-likeness (QED) is 0.482. The van der Waals surface area contributed by atoms with E-state index in [9.17, 15) is 4.79 Å². The van der Waals surface area contributed by atoms with E-state index in [1.54, 1.807) is 0 Å². The second-order valence-corrected chi connectivity index (χ2v) is 8.56. The smallest absolute Gasteiger partial charge is 0.254 e. The van der Waals surface area contributed by atoms with Crippen molar-refractivity contribution in [3.63, 3.8) is 0 Å². The van der Waals surface area contributed by atoms with Crippen LogP contribution in [0.15, 0.2) is 54.6 Å². The number of halogens is 1. The van der Waals surface area contributed by atoms with Crippen molar-refractivity contribution in [2.24, 2.45) is 0 Å². The predicted octanol–water partition coefficient (Wildman–Crippen LogP) is 4.45. The molecule has 1 fully saturated rings. The Morgan fingerprint density at radius 3 is 2.40 bits per heavy atom. The summed E-state index contributed by atoms with van der Waals surface area (Å²) in [5.41, 5.74) is 1.92. The Bertz CT molecular complexity index is 1050. The maximum absolute atomic E-state index is 12.8. The van der Waals surface area contributed by atoms with Gasteiger partial charge in [0, 0.05) is 41.4 Å². The monoisotopic (exact) mass is 514 g/mol. The molecule has 0 bridgehead atoms. The summed E-state index contributed by atoms with van der Waals surface area (Å²) in [5, 5.41) is 0. The van der Waals surface area contributed by atoms with Gasteiger partial charge in [-0.1, -0.05) is 23.8 Å². The highest BCUT2D eigenvalue weighted by atomic mass is 127. The predicted molar refractivity (Wildman–Crippen MR) is 125 cm³/mol. The maximum Gasteiger partial charge on any atom is 0.254 e. The molecule has 0 N–H and O–H groups in total. The zero-order chi connectivity index (χ0) is 21.1. The van der Waals surface area contributed by atoms with Gasteiger partial charge in [0.15, 0.2) is 0 Å². The number of carbonyl (C=O) groups excluding carboxylic acids is 1. The van der Waals surface area contributed by atoms with Gasteiger partial charge < -0.3 is 14.5 Å². The minimum absolute atomic E-state index is 0.0791. The Morgan fingerprint density at radius 1 is 0.967 bits per heavy atom. The molecule has 3 aromatic rings. The Hall–Kier alpha value is -2.68. The molecule has 154 valence electrons. The summed E-state index contributed by atoms with van der Waals surface area (Å²) in [6.45, 7) is 6.65. The number of ether oxygens (including phenoxy) is 1. The van der Waals surface area contributed by atoms with Crippen LogP contribution in [0.1, 0.15) is 21.7 Å². The molecule has 2 heterocycles. The third kappa shape index (κ3) is 4.89. The van der Waals surface area contributed by atoms with Crippen molar-refractivity contribution in [1.29, 1.82) is 0 Å². The van der Waals surface area contributed by atoms with Crippen molar-refractivity contribution >= 4 is 34.3 Å². The lowest BCUT2D eigenvalue weighted by Crippen LogP contribution is -2.49. The van der Waals surface area contributed by atoms with E-state index in [1.165, 1.54) is 5.56 Å². The molecular formula is C23H23IN4O2. The van der Waals surface area contributed by atoms with E-state index < -0.39 is 0 Å². The number of nitrogens with zero attached hydrogens (tertiary/aromatic N) is 4. The summed E-state index contributed by atoms with van der Waals surface area (Å²) >= 11 is 2.23. The van der Waals surface area contributed by atoms with Gasteiger partial charge in [-0.15, -0.1) is 0 Å². The Kier molecular flexibility index (Phi) is 6.17. The van der Waals surface area contributed by atoms with Gasteiger partial charge in [-0.25, -0.2) is 4.98 Å². The fourth-order valence-electron chi connectivity index (χ4n) is 3.41. The second kappa shape index (κ2) is 8.99. The zero-order valence-electron chi connectivity index (χ0n) is 17.0. The third-order valence-electron chi connectivity index (χ3n) is 5.01. The first kappa shape index (κ1) is 20.6. The van der Waals surface area contributed by atoms with Crippen LogP contribution in [0, 0.1) is 17.4 Å².